The average molecular weight is 201 g/mol. The standard InChI is InChI=1S/C7H11N3O2S/c1-11-7(2-3-12-4-7)5-9-10-6(8)13-5/h2-4H2,1H3,(H2,8,10). The Morgan fingerprint density at radius 1 is 1.62 bits per heavy atom. The van der Waals surface area contributed by atoms with E-state index in [0.29, 0.717) is 18.3 Å². The summed E-state index contributed by atoms with van der Waals surface area (Å²) in [5, 5.41) is 9.03. The Balaban J connectivity index is 2.30. The minimum absolute atomic E-state index is 0.407. The average Bonchev–Trinajstić information content (AvgIpc) is 2.73. The second-order valence-electron chi connectivity index (χ2n) is 2.95. The molecule has 1 saturated heterocycles. The van der Waals surface area contributed by atoms with Gasteiger partial charge in [0.05, 0.1) is 6.61 Å². The van der Waals surface area contributed by atoms with Crippen molar-refractivity contribution in [3.63, 3.8) is 0 Å². The van der Waals surface area contributed by atoms with Crippen molar-refractivity contribution in [1.82, 2.24) is 10.2 Å². The Labute approximate surface area is 79.9 Å². The Kier molecular flexibility index (Phi) is 2.19. The summed E-state index contributed by atoms with van der Waals surface area (Å²) in [6.07, 6.45) is 0.818. The molecular weight excluding hydrogens is 190 g/mol. The molecule has 0 aliphatic carbocycles. The van der Waals surface area contributed by atoms with Crippen LogP contribution < -0.4 is 5.73 Å². The predicted octanol–water partition coefficient (Wildman–Crippen LogP) is 0.382. The fourth-order valence-electron chi connectivity index (χ4n) is 1.38. The zero-order valence-electron chi connectivity index (χ0n) is 7.32. The minimum Gasteiger partial charge on any atom is -0.378 e. The summed E-state index contributed by atoms with van der Waals surface area (Å²) < 4.78 is 10.7. The number of anilines is 1. The van der Waals surface area contributed by atoms with E-state index in [4.69, 9.17) is 15.2 Å². The van der Waals surface area contributed by atoms with Crippen molar-refractivity contribution in [3.8, 4) is 0 Å². The van der Waals surface area contributed by atoms with E-state index in [9.17, 15) is 0 Å². The molecule has 0 bridgehead atoms. The molecular formula is C7H11N3O2S. The van der Waals surface area contributed by atoms with Gasteiger partial charge in [0.15, 0.2) is 5.01 Å². The van der Waals surface area contributed by atoms with Crippen molar-refractivity contribution in [2.75, 3.05) is 26.1 Å². The maximum atomic E-state index is 5.51. The molecule has 1 fully saturated rings. The van der Waals surface area contributed by atoms with E-state index >= 15 is 0 Å². The number of hydrogen-bond acceptors (Lipinski definition) is 6. The molecule has 6 heteroatoms. The summed E-state index contributed by atoms with van der Waals surface area (Å²) in [4.78, 5) is 0. The third-order valence-corrected chi connectivity index (χ3v) is 3.14. The summed E-state index contributed by atoms with van der Waals surface area (Å²) in [6, 6.07) is 0. The molecule has 13 heavy (non-hydrogen) atoms. The second-order valence-corrected chi connectivity index (χ2v) is 3.96. The lowest BCUT2D eigenvalue weighted by molar-refractivity contribution is -0.0219. The topological polar surface area (TPSA) is 70.3 Å². The third kappa shape index (κ3) is 1.41. The maximum Gasteiger partial charge on any atom is 0.203 e. The Morgan fingerprint density at radius 2 is 2.46 bits per heavy atom. The van der Waals surface area contributed by atoms with E-state index in [1.807, 2.05) is 0 Å². The van der Waals surface area contributed by atoms with Gasteiger partial charge in [-0.25, -0.2) is 0 Å². The van der Waals surface area contributed by atoms with Gasteiger partial charge in [-0.15, -0.1) is 10.2 Å². The molecule has 0 amide bonds. The third-order valence-electron chi connectivity index (χ3n) is 2.21. The molecule has 2 heterocycles. The molecule has 1 aliphatic rings. The van der Waals surface area contributed by atoms with Gasteiger partial charge in [-0.1, -0.05) is 11.3 Å². The molecule has 72 valence electrons. The fraction of sp³-hybridized carbons (Fsp3) is 0.714. The zero-order chi connectivity index (χ0) is 9.31. The molecule has 1 aromatic rings. The SMILES string of the molecule is COC1(c2nnc(N)s2)CCOC1. The maximum absolute atomic E-state index is 5.51. The van der Waals surface area contributed by atoms with Crippen LogP contribution in [0.5, 0.6) is 0 Å². The number of aromatic nitrogens is 2. The zero-order valence-corrected chi connectivity index (χ0v) is 8.13. The number of nitrogen functional groups attached to an aromatic ring is 1. The largest absolute Gasteiger partial charge is 0.378 e. The minimum atomic E-state index is -0.407. The van der Waals surface area contributed by atoms with Crippen LogP contribution in [0.1, 0.15) is 11.4 Å². The number of ether oxygens (including phenoxy) is 2. The predicted molar refractivity (Wildman–Crippen MR) is 48.4 cm³/mol. The quantitative estimate of drug-likeness (QED) is 0.749. The van der Waals surface area contributed by atoms with Crippen molar-refractivity contribution in [2.24, 2.45) is 0 Å². The molecule has 1 aromatic heterocycles. The first-order valence-corrected chi connectivity index (χ1v) is 4.81. The highest BCUT2D eigenvalue weighted by molar-refractivity contribution is 7.15. The van der Waals surface area contributed by atoms with E-state index in [1.165, 1.54) is 11.3 Å². The van der Waals surface area contributed by atoms with Crippen LogP contribution in [0.25, 0.3) is 0 Å². The Bertz CT molecular complexity index is 296. The van der Waals surface area contributed by atoms with Crippen molar-refractivity contribution in [2.45, 2.75) is 12.0 Å². The molecule has 2 rings (SSSR count). The Morgan fingerprint density at radius 3 is 2.92 bits per heavy atom. The first-order chi connectivity index (χ1) is 6.27. The molecule has 1 aliphatic heterocycles. The summed E-state index contributed by atoms with van der Waals surface area (Å²) in [5.74, 6) is 0. The van der Waals surface area contributed by atoms with Gasteiger partial charge >= 0.3 is 0 Å². The first-order valence-electron chi connectivity index (χ1n) is 3.99. The van der Waals surface area contributed by atoms with Crippen LogP contribution in [-0.4, -0.2) is 30.5 Å². The van der Waals surface area contributed by atoms with Gasteiger partial charge in [-0.05, 0) is 0 Å². The molecule has 0 radical (unpaired) electrons. The van der Waals surface area contributed by atoms with Crippen LogP contribution in [0.3, 0.4) is 0 Å². The lowest BCUT2D eigenvalue weighted by Gasteiger charge is -2.21. The number of rotatable bonds is 2. The lowest BCUT2D eigenvalue weighted by Crippen LogP contribution is -2.28. The molecule has 1 atom stereocenters. The van der Waals surface area contributed by atoms with E-state index in [-0.39, 0.29) is 0 Å². The highest BCUT2D eigenvalue weighted by Crippen LogP contribution is 2.35. The highest BCUT2D eigenvalue weighted by atomic mass is 32.1. The van der Waals surface area contributed by atoms with E-state index in [1.54, 1.807) is 7.11 Å². The van der Waals surface area contributed by atoms with Crippen molar-refractivity contribution in [1.29, 1.82) is 0 Å². The number of methoxy groups -OCH3 is 1. The monoisotopic (exact) mass is 201 g/mol. The van der Waals surface area contributed by atoms with Crippen LogP contribution in [0.15, 0.2) is 0 Å². The van der Waals surface area contributed by atoms with Crippen LogP contribution in [0, 0.1) is 0 Å². The summed E-state index contributed by atoms with van der Waals surface area (Å²) in [7, 11) is 1.66. The summed E-state index contributed by atoms with van der Waals surface area (Å²) >= 11 is 1.36. The fourth-order valence-corrected chi connectivity index (χ4v) is 2.17. The van der Waals surface area contributed by atoms with E-state index in [0.717, 1.165) is 11.4 Å². The van der Waals surface area contributed by atoms with E-state index < -0.39 is 5.60 Å². The van der Waals surface area contributed by atoms with Crippen LogP contribution >= 0.6 is 11.3 Å². The van der Waals surface area contributed by atoms with E-state index in [2.05, 4.69) is 10.2 Å². The normalized spacial score (nSPS) is 28.1. The van der Waals surface area contributed by atoms with Gasteiger partial charge in [0.1, 0.15) is 5.60 Å². The molecule has 1 unspecified atom stereocenters. The summed E-state index contributed by atoms with van der Waals surface area (Å²) in [6.45, 7) is 1.24. The molecule has 5 nitrogen and oxygen atoms in total. The number of nitrogens with two attached hydrogens (primary N) is 1. The first kappa shape index (κ1) is 8.86. The smallest absolute Gasteiger partial charge is 0.203 e. The van der Waals surface area contributed by atoms with Crippen LogP contribution in [-0.2, 0) is 15.1 Å². The summed E-state index contributed by atoms with van der Waals surface area (Å²) in [5.41, 5.74) is 5.10. The van der Waals surface area contributed by atoms with Gasteiger partial charge in [0.25, 0.3) is 0 Å². The van der Waals surface area contributed by atoms with Crippen LogP contribution in [0.4, 0.5) is 5.13 Å². The molecule has 0 aromatic carbocycles. The van der Waals surface area contributed by atoms with Gasteiger partial charge in [-0.2, -0.15) is 0 Å². The van der Waals surface area contributed by atoms with Crippen molar-refractivity contribution in [3.05, 3.63) is 5.01 Å². The lowest BCUT2D eigenvalue weighted by atomic mass is 10.1. The molecule has 0 saturated carbocycles. The van der Waals surface area contributed by atoms with Gasteiger partial charge in [-0.3, -0.25) is 0 Å². The van der Waals surface area contributed by atoms with Crippen LogP contribution in [0.2, 0.25) is 0 Å². The van der Waals surface area contributed by atoms with Gasteiger partial charge in [0.2, 0.25) is 5.13 Å². The second kappa shape index (κ2) is 3.21. The van der Waals surface area contributed by atoms with Crippen molar-refractivity contribution < 1.29 is 9.47 Å². The highest BCUT2D eigenvalue weighted by Gasteiger charge is 2.40. The van der Waals surface area contributed by atoms with Gasteiger partial charge in [0, 0.05) is 20.1 Å². The van der Waals surface area contributed by atoms with Crippen molar-refractivity contribution >= 4 is 16.5 Å². The van der Waals surface area contributed by atoms with Gasteiger partial charge < -0.3 is 15.2 Å². The Hall–Kier alpha value is -0.720. The number of nitrogens with zero attached hydrogens (tertiary/aromatic N) is 2. The number of hydrogen-bond donors (Lipinski definition) is 1. The molecule has 0 spiro atoms. The molecule has 2 N–H and O–H groups in total.